The maximum atomic E-state index is 12.1. The highest BCUT2D eigenvalue weighted by atomic mass is 35.5. The van der Waals surface area contributed by atoms with Crippen LogP contribution < -0.4 is 10.1 Å². The molecular weight excluding hydrogens is 362 g/mol. The molecule has 0 aliphatic carbocycles. The Morgan fingerprint density at radius 1 is 1.28 bits per heavy atom. The van der Waals surface area contributed by atoms with Gasteiger partial charge in [0.2, 0.25) is 5.91 Å². The molecule has 0 bridgehead atoms. The van der Waals surface area contributed by atoms with E-state index in [0.29, 0.717) is 16.3 Å². The van der Waals surface area contributed by atoms with E-state index >= 15 is 0 Å². The first-order valence-electron chi connectivity index (χ1n) is 7.61. The Kier molecular flexibility index (Phi) is 5.50. The highest BCUT2D eigenvalue weighted by Gasteiger charge is 2.29. The smallest absolute Gasteiger partial charge is 0.307 e. The zero-order chi connectivity index (χ0) is 17.8. The van der Waals surface area contributed by atoms with Crippen molar-refractivity contribution in [3.05, 3.63) is 53.1 Å². The Labute approximate surface area is 154 Å². The number of thioether (sulfide) groups is 1. The lowest BCUT2D eigenvalue weighted by atomic mass is 10.2. The molecule has 0 fully saturated rings. The minimum absolute atomic E-state index is 0.00623. The quantitative estimate of drug-likeness (QED) is 0.801. The standard InChI is InChI=1S/C18H16ClNO4S/c1-23-14-7-6-12(19)8-11(14)10-24-17(21)9-16-18(22)20-13-4-2-3-5-15(13)25-16/h2-8,16H,9-10H2,1H3,(H,20,22)/t16-/m0/s1. The molecule has 1 aliphatic rings. The SMILES string of the molecule is COc1ccc(Cl)cc1COC(=O)C[C@@H]1Sc2ccccc2NC1=O. The normalized spacial score (nSPS) is 15.9. The van der Waals surface area contributed by atoms with E-state index < -0.39 is 11.2 Å². The molecule has 1 amide bonds. The van der Waals surface area contributed by atoms with Gasteiger partial charge in [-0.05, 0) is 30.3 Å². The molecule has 0 spiro atoms. The number of carbonyl (C=O) groups excluding carboxylic acids is 2. The van der Waals surface area contributed by atoms with Crippen LogP contribution in [-0.2, 0) is 20.9 Å². The van der Waals surface area contributed by atoms with E-state index in [1.807, 2.05) is 24.3 Å². The van der Waals surface area contributed by atoms with Crippen molar-refractivity contribution in [2.45, 2.75) is 23.2 Å². The fourth-order valence-electron chi connectivity index (χ4n) is 2.46. The van der Waals surface area contributed by atoms with Gasteiger partial charge >= 0.3 is 5.97 Å². The van der Waals surface area contributed by atoms with Gasteiger partial charge in [-0.15, -0.1) is 11.8 Å². The maximum Gasteiger partial charge on any atom is 0.307 e. The van der Waals surface area contributed by atoms with Gasteiger partial charge < -0.3 is 14.8 Å². The summed E-state index contributed by atoms with van der Waals surface area (Å²) in [5.41, 5.74) is 1.44. The Balaban J connectivity index is 1.60. The average Bonchev–Trinajstić information content (AvgIpc) is 2.60. The van der Waals surface area contributed by atoms with E-state index in [-0.39, 0.29) is 18.9 Å². The van der Waals surface area contributed by atoms with E-state index in [4.69, 9.17) is 21.1 Å². The lowest BCUT2D eigenvalue weighted by Crippen LogP contribution is -2.31. The summed E-state index contributed by atoms with van der Waals surface area (Å²) >= 11 is 7.33. The van der Waals surface area contributed by atoms with Crippen molar-refractivity contribution >= 4 is 40.9 Å². The summed E-state index contributed by atoms with van der Waals surface area (Å²) in [6.45, 7) is 0.0398. The van der Waals surface area contributed by atoms with Crippen LogP contribution in [0, 0.1) is 0 Å². The molecule has 130 valence electrons. The van der Waals surface area contributed by atoms with Crippen molar-refractivity contribution in [3.63, 3.8) is 0 Å². The average molecular weight is 378 g/mol. The first kappa shape index (κ1) is 17.6. The third-order valence-corrected chi connectivity index (χ3v) is 5.20. The van der Waals surface area contributed by atoms with Gasteiger partial charge in [0.25, 0.3) is 0 Å². The molecule has 1 heterocycles. The molecule has 25 heavy (non-hydrogen) atoms. The fraction of sp³-hybridized carbons (Fsp3) is 0.222. The summed E-state index contributed by atoms with van der Waals surface area (Å²) < 4.78 is 10.5. The summed E-state index contributed by atoms with van der Waals surface area (Å²) in [5.74, 6) is -0.0500. The molecule has 7 heteroatoms. The second kappa shape index (κ2) is 7.80. The van der Waals surface area contributed by atoms with Gasteiger partial charge in [-0.2, -0.15) is 0 Å². The van der Waals surface area contributed by atoms with Crippen molar-refractivity contribution in [1.29, 1.82) is 0 Å². The van der Waals surface area contributed by atoms with Crippen molar-refractivity contribution in [3.8, 4) is 5.75 Å². The topological polar surface area (TPSA) is 64.6 Å². The minimum atomic E-state index is -0.511. The molecule has 5 nitrogen and oxygen atoms in total. The van der Waals surface area contributed by atoms with E-state index in [9.17, 15) is 9.59 Å². The van der Waals surface area contributed by atoms with Gasteiger partial charge in [-0.1, -0.05) is 23.7 Å². The number of anilines is 1. The molecule has 2 aromatic rings. The van der Waals surface area contributed by atoms with Crippen LogP contribution in [0.15, 0.2) is 47.4 Å². The molecular formula is C18H16ClNO4S. The minimum Gasteiger partial charge on any atom is -0.496 e. The molecule has 0 unspecified atom stereocenters. The van der Waals surface area contributed by atoms with Gasteiger partial charge in [0, 0.05) is 15.5 Å². The second-order valence-corrected chi connectivity index (χ2v) is 7.09. The van der Waals surface area contributed by atoms with Crippen molar-refractivity contribution < 1.29 is 19.1 Å². The largest absolute Gasteiger partial charge is 0.496 e. The lowest BCUT2D eigenvalue weighted by Gasteiger charge is -2.23. The Bertz CT molecular complexity index is 811. The zero-order valence-corrected chi connectivity index (χ0v) is 15.0. The van der Waals surface area contributed by atoms with Crippen LogP contribution in [0.3, 0.4) is 0 Å². The molecule has 2 aromatic carbocycles. The van der Waals surface area contributed by atoms with Gasteiger partial charge in [0.05, 0.1) is 24.5 Å². The number of esters is 1. The van der Waals surface area contributed by atoms with Gasteiger partial charge in [-0.3, -0.25) is 9.59 Å². The zero-order valence-electron chi connectivity index (χ0n) is 13.5. The molecule has 0 radical (unpaired) electrons. The number of methoxy groups -OCH3 is 1. The van der Waals surface area contributed by atoms with Crippen LogP contribution in [0.25, 0.3) is 0 Å². The number of fused-ring (bicyclic) bond motifs is 1. The molecule has 1 aliphatic heterocycles. The molecule has 1 N–H and O–H groups in total. The maximum absolute atomic E-state index is 12.1. The number of nitrogens with one attached hydrogen (secondary N) is 1. The number of hydrogen-bond donors (Lipinski definition) is 1. The summed E-state index contributed by atoms with van der Waals surface area (Å²) in [6, 6.07) is 12.6. The van der Waals surface area contributed by atoms with Crippen LogP contribution in [0.5, 0.6) is 5.75 Å². The Morgan fingerprint density at radius 2 is 2.08 bits per heavy atom. The van der Waals surface area contributed by atoms with Crippen LogP contribution in [0.2, 0.25) is 5.02 Å². The Morgan fingerprint density at radius 3 is 2.88 bits per heavy atom. The van der Waals surface area contributed by atoms with Crippen molar-refractivity contribution in [2.75, 3.05) is 12.4 Å². The molecule has 1 atom stereocenters. The predicted octanol–water partition coefficient (Wildman–Crippen LogP) is 3.89. The van der Waals surface area contributed by atoms with E-state index in [0.717, 1.165) is 10.6 Å². The van der Waals surface area contributed by atoms with Gasteiger partial charge in [0.1, 0.15) is 12.4 Å². The lowest BCUT2D eigenvalue weighted by molar-refractivity contribution is -0.145. The predicted molar refractivity (Wildman–Crippen MR) is 97.1 cm³/mol. The van der Waals surface area contributed by atoms with Crippen LogP contribution in [-0.4, -0.2) is 24.2 Å². The Hall–Kier alpha value is -2.18. The van der Waals surface area contributed by atoms with Gasteiger partial charge in [-0.25, -0.2) is 0 Å². The number of benzene rings is 2. The number of carbonyl (C=O) groups is 2. The number of amides is 1. The first-order valence-corrected chi connectivity index (χ1v) is 8.87. The molecule has 3 rings (SSSR count). The third-order valence-electron chi connectivity index (χ3n) is 3.69. The summed E-state index contributed by atoms with van der Waals surface area (Å²) in [6.07, 6.45) is -0.00623. The summed E-state index contributed by atoms with van der Waals surface area (Å²) in [5, 5.41) is 2.83. The highest BCUT2D eigenvalue weighted by molar-refractivity contribution is 8.01. The highest BCUT2D eigenvalue weighted by Crippen LogP contribution is 2.36. The third kappa shape index (κ3) is 4.27. The summed E-state index contributed by atoms with van der Waals surface area (Å²) in [7, 11) is 1.54. The molecule has 0 saturated heterocycles. The number of ether oxygens (including phenoxy) is 2. The number of rotatable bonds is 5. The number of para-hydroxylation sites is 1. The van der Waals surface area contributed by atoms with Gasteiger partial charge in [0.15, 0.2) is 0 Å². The van der Waals surface area contributed by atoms with Crippen LogP contribution in [0.1, 0.15) is 12.0 Å². The molecule has 0 saturated carbocycles. The van der Waals surface area contributed by atoms with E-state index in [1.54, 1.807) is 18.2 Å². The number of halogens is 1. The molecule has 0 aromatic heterocycles. The van der Waals surface area contributed by atoms with Crippen LogP contribution >= 0.6 is 23.4 Å². The monoisotopic (exact) mass is 377 g/mol. The first-order chi connectivity index (χ1) is 12.1. The van der Waals surface area contributed by atoms with Crippen molar-refractivity contribution in [2.24, 2.45) is 0 Å². The van der Waals surface area contributed by atoms with E-state index in [1.165, 1.54) is 18.9 Å². The summed E-state index contributed by atoms with van der Waals surface area (Å²) in [4.78, 5) is 25.2. The van der Waals surface area contributed by atoms with E-state index in [2.05, 4.69) is 5.32 Å². The van der Waals surface area contributed by atoms with Crippen molar-refractivity contribution in [1.82, 2.24) is 0 Å². The number of hydrogen-bond acceptors (Lipinski definition) is 5. The van der Waals surface area contributed by atoms with Crippen LogP contribution in [0.4, 0.5) is 5.69 Å². The second-order valence-electron chi connectivity index (χ2n) is 5.41. The fourth-order valence-corrected chi connectivity index (χ4v) is 3.75.